The van der Waals surface area contributed by atoms with Crippen LogP contribution >= 0.6 is 0 Å². The van der Waals surface area contributed by atoms with E-state index in [0.717, 1.165) is 18.8 Å². The van der Waals surface area contributed by atoms with Gasteiger partial charge in [0.05, 0.1) is 44.3 Å². The van der Waals surface area contributed by atoms with E-state index in [9.17, 15) is 9.59 Å². The molecular weight excluding hydrogens is 374 g/mol. The van der Waals surface area contributed by atoms with Crippen molar-refractivity contribution in [2.45, 2.75) is 34.1 Å². The van der Waals surface area contributed by atoms with Crippen LogP contribution in [0.3, 0.4) is 0 Å². The number of hydrogen-bond acceptors (Lipinski definition) is 6. The number of amides is 2. The standard InChI is InChI=1S/C21H33N3O5/c1-5-28-18-13-17(24-7-9-27-10-8-24)19(29-6-2)12-16(18)23-21(26)14-22-20(25)11-15(3)4/h12-13,15H,5-11,14H2,1-4H3,(H,22,25)(H,23,26). The number of carbonyl (C=O) groups excluding carboxylic acids is 2. The minimum atomic E-state index is -0.315. The molecule has 0 atom stereocenters. The molecule has 0 radical (unpaired) electrons. The maximum atomic E-state index is 12.4. The van der Waals surface area contributed by atoms with Gasteiger partial charge < -0.3 is 29.7 Å². The quantitative estimate of drug-likeness (QED) is 0.619. The Kier molecular flexibility index (Phi) is 9.05. The summed E-state index contributed by atoms with van der Waals surface area (Å²) in [5.41, 5.74) is 1.44. The lowest BCUT2D eigenvalue weighted by Gasteiger charge is -2.31. The zero-order chi connectivity index (χ0) is 21.2. The van der Waals surface area contributed by atoms with Gasteiger partial charge in [0.25, 0.3) is 0 Å². The van der Waals surface area contributed by atoms with Crippen molar-refractivity contribution in [3.05, 3.63) is 12.1 Å². The van der Waals surface area contributed by atoms with Crippen molar-refractivity contribution < 1.29 is 23.8 Å². The van der Waals surface area contributed by atoms with Gasteiger partial charge in [-0.15, -0.1) is 0 Å². The topological polar surface area (TPSA) is 89.1 Å². The zero-order valence-corrected chi connectivity index (χ0v) is 17.9. The molecule has 0 unspecified atom stereocenters. The molecule has 0 aromatic heterocycles. The minimum Gasteiger partial charge on any atom is -0.492 e. The Morgan fingerprint density at radius 1 is 1.07 bits per heavy atom. The van der Waals surface area contributed by atoms with Gasteiger partial charge in [0, 0.05) is 31.6 Å². The molecule has 1 heterocycles. The molecule has 1 fully saturated rings. The van der Waals surface area contributed by atoms with E-state index in [0.29, 0.717) is 50.0 Å². The molecule has 0 aliphatic carbocycles. The molecule has 162 valence electrons. The predicted octanol–water partition coefficient (Wildman–Crippen LogP) is 2.42. The van der Waals surface area contributed by atoms with Crippen molar-refractivity contribution in [1.29, 1.82) is 0 Å². The first-order valence-electron chi connectivity index (χ1n) is 10.3. The van der Waals surface area contributed by atoms with Crippen LogP contribution in [-0.4, -0.2) is 57.9 Å². The summed E-state index contributed by atoms with van der Waals surface area (Å²) in [6.45, 7) is 11.4. The highest BCUT2D eigenvalue weighted by molar-refractivity contribution is 5.96. The number of rotatable bonds is 10. The van der Waals surface area contributed by atoms with Gasteiger partial charge in [-0.25, -0.2) is 0 Å². The van der Waals surface area contributed by atoms with Gasteiger partial charge in [-0.05, 0) is 19.8 Å². The third kappa shape index (κ3) is 7.12. The van der Waals surface area contributed by atoms with E-state index in [1.165, 1.54) is 0 Å². The molecule has 8 nitrogen and oxygen atoms in total. The molecule has 2 rings (SSSR count). The van der Waals surface area contributed by atoms with Crippen LogP contribution in [0.5, 0.6) is 11.5 Å². The van der Waals surface area contributed by atoms with Crippen LogP contribution in [0.25, 0.3) is 0 Å². The molecule has 1 aliphatic rings. The largest absolute Gasteiger partial charge is 0.492 e. The van der Waals surface area contributed by atoms with E-state index in [1.807, 2.05) is 33.8 Å². The number of benzene rings is 1. The maximum absolute atomic E-state index is 12.4. The van der Waals surface area contributed by atoms with Gasteiger partial charge >= 0.3 is 0 Å². The fourth-order valence-electron chi connectivity index (χ4n) is 3.06. The number of nitrogens with one attached hydrogen (secondary N) is 2. The summed E-state index contributed by atoms with van der Waals surface area (Å²) in [5, 5.41) is 5.47. The van der Waals surface area contributed by atoms with E-state index < -0.39 is 0 Å². The first-order valence-corrected chi connectivity index (χ1v) is 10.3. The van der Waals surface area contributed by atoms with Crippen LogP contribution in [0, 0.1) is 5.92 Å². The number of ether oxygens (including phenoxy) is 3. The summed E-state index contributed by atoms with van der Waals surface area (Å²) in [4.78, 5) is 26.3. The number of hydrogen-bond donors (Lipinski definition) is 2. The Hall–Kier alpha value is -2.48. The molecule has 0 saturated carbocycles. The second-order valence-corrected chi connectivity index (χ2v) is 7.20. The van der Waals surface area contributed by atoms with Crippen LogP contribution in [0.4, 0.5) is 11.4 Å². The number of carbonyl (C=O) groups is 2. The van der Waals surface area contributed by atoms with E-state index in [2.05, 4.69) is 15.5 Å². The average Bonchev–Trinajstić information content (AvgIpc) is 2.69. The van der Waals surface area contributed by atoms with Gasteiger partial charge in [0.1, 0.15) is 11.5 Å². The average molecular weight is 408 g/mol. The van der Waals surface area contributed by atoms with Gasteiger partial charge in [-0.1, -0.05) is 13.8 Å². The lowest BCUT2D eigenvalue weighted by Crippen LogP contribution is -2.36. The molecule has 0 bridgehead atoms. The smallest absolute Gasteiger partial charge is 0.243 e. The number of anilines is 2. The molecule has 29 heavy (non-hydrogen) atoms. The Bertz CT molecular complexity index is 687. The lowest BCUT2D eigenvalue weighted by molar-refractivity contribution is -0.124. The monoisotopic (exact) mass is 407 g/mol. The third-order valence-corrected chi connectivity index (χ3v) is 4.33. The second-order valence-electron chi connectivity index (χ2n) is 7.20. The molecular formula is C21H33N3O5. The molecule has 1 saturated heterocycles. The van der Waals surface area contributed by atoms with Crippen molar-refractivity contribution in [2.24, 2.45) is 5.92 Å². The third-order valence-electron chi connectivity index (χ3n) is 4.33. The summed E-state index contributed by atoms with van der Waals surface area (Å²) in [5.74, 6) is 1.03. The van der Waals surface area contributed by atoms with E-state index in [-0.39, 0.29) is 24.3 Å². The Balaban J connectivity index is 2.17. The van der Waals surface area contributed by atoms with E-state index >= 15 is 0 Å². The first-order chi connectivity index (χ1) is 13.9. The van der Waals surface area contributed by atoms with E-state index in [4.69, 9.17) is 14.2 Å². The number of nitrogens with zero attached hydrogens (tertiary/aromatic N) is 1. The second kappa shape index (κ2) is 11.5. The van der Waals surface area contributed by atoms with Crippen LogP contribution in [0.2, 0.25) is 0 Å². The predicted molar refractivity (Wildman–Crippen MR) is 113 cm³/mol. The van der Waals surface area contributed by atoms with Crippen molar-refractivity contribution in [3.8, 4) is 11.5 Å². The zero-order valence-electron chi connectivity index (χ0n) is 17.9. The van der Waals surface area contributed by atoms with Gasteiger partial charge in [-0.3, -0.25) is 9.59 Å². The fraction of sp³-hybridized carbons (Fsp3) is 0.619. The normalized spacial score (nSPS) is 13.9. The molecule has 2 amide bonds. The summed E-state index contributed by atoms with van der Waals surface area (Å²) in [7, 11) is 0. The maximum Gasteiger partial charge on any atom is 0.243 e. The molecule has 1 aromatic carbocycles. The highest BCUT2D eigenvalue weighted by atomic mass is 16.5. The van der Waals surface area contributed by atoms with Crippen molar-refractivity contribution >= 4 is 23.2 Å². The lowest BCUT2D eigenvalue weighted by atomic mass is 10.1. The summed E-state index contributed by atoms with van der Waals surface area (Å²) in [6, 6.07) is 3.68. The SMILES string of the molecule is CCOc1cc(N2CCOCC2)c(OCC)cc1NC(=O)CNC(=O)CC(C)C. The minimum absolute atomic E-state index is 0.0910. The number of morpholine rings is 1. The van der Waals surface area contributed by atoms with Crippen molar-refractivity contribution in [2.75, 3.05) is 56.3 Å². The van der Waals surface area contributed by atoms with Crippen molar-refractivity contribution in [1.82, 2.24) is 5.32 Å². The molecule has 2 N–H and O–H groups in total. The highest BCUT2D eigenvalue weighted by Crippen LogP contribution is 2.39. The van der Waals surface area contributed by atoms with Gasteiger partial charge in [0.2, 0.25) is 11.8 Å². The van der Waals surface area contributed by atoms with Crippen LogP contribution < -0.4 is 25.0 Å². The Morgan fingerprint density at radius 2 is 1.72 bits per heavy atom. The van der Waals surface area contributed by atoms with Crippen LogP contribution in [0.15, 0.2) is 12.1 Å². The molecule has 1 aliphatic heterocycles. The van der Waals surface area contributed by atoms with Crippen molar-refractivity contribution in [3.63, 3.8) is 0 Å². The highest BCUT2D eigenvalue weighted by Gasteiger charge is 2.20. The molecule has 8 heteroatoms. The Morgan fingerprint density at radius 3 is 2.34 bits per heavy atom. The molecule has 0 spiro atoms. The first kappa shape index (κ1) is 22.8. The van der Waals surface area contributed by atoms with E-state index in [1.54, 1.807) is 6.07 Å². The summed E-state index contributed by atoms with van der Waals surface area (Å²) in [6.07, 6.45) is 0.389. The fourth-order valence-corrected chi connectivity index (χ4v) is 3.06. The molecule has 1 aromatic rings. The summed E-state index contributed by atoms with van der Waals surface area (Å²) >= 11 is 0. The van der Waals surface area contributed by atoms with Gasteiger partial charge in [0.15, 0.2) is 0 Å². The Labute approximate surface area is 172 Å². The summed E-state index contributed by atoms with van der Waals surface area (Å²) < 4.78 is 17.0. The van der Waals surface area contributed by atoms with Crippen LogP contribution in [0.1, 0.15) is 34.1 Å². The van der Waals surface area contributed by atoms with Gasteiger partial charge in [-0.2, -0.15) is 0 Å². The van der Waals surface area contributed by atoms with Crippen LogP contribution in [-0.2, 0) is 14.3 Å².